The molecule has 37 heavy (non-hydrogen) atoms. The van der Waals surface area contributed by atoms with E-state index in [2.05, 4.69) is 20.9 Å². The van der Waals surface area contributed by atoms with Crippen molar-refractivity contribution in [1.82, 2.24) is 20.9 Å². The topological polar surface area (TPSA) is 250 Å². The number of aliphatic carboxylic acids is 1. The lowest BCUT2D eigenvalue weighted by Gasteiger charge is -2.24. The monoisotopic (exact) mass is 520 g/mol. The number of nitrogens with one attached hydrogen (secondary N) is 4. The molecule has 5 unspecified atom stereocenters. The Morgan fingerprint density at radius 3 is 2.16 bits per heavy atom. The summed E-state index contributed by atoms with van der Waals surface area (Å²) in [6.45, 7) is 0.380. The minimum atomic E-state index is -1.57. The summed E-state index contributed by atoms with van der Waals surface area (Å²) in [7, 11) is 0. The van der Waals surface area contributed by atoms with Gasteiger partial charge in [0.05, 0.1) is 12.7 Å². The van der Waals surface area contributed by atoms with Crippen molar-refractivity contribution in [1.29, 1.82) is 0 Å². The fourth-order valence-corrected chi connectivity index (χ4v) is 3.50. The van der Waals surface area contributed by atoms with Crippen molar-refractivity contribution in [2.75, 3.05) is 6.61 Å². The average molecular weight is 521 g/mol. The van der Waals surface area contributed by atoms with Gasteiger partial charge in [-0.05, 0) is 25.0 Å². The predicted molar refractivity (Wildman–Crippen MR) is 131 cm³/mol. The number of hydrogen-bond donors (Lipinski definition) is 9. The zero-order valence-electron chi connectivity index (χ0n) is 20.1. The fourth-order valence-electron chi connectivity index (χ4n) is 3.50. The third-order valence-electron chi connectivity index (χ3n) is 5.66. The molecule has 1 aromatic heterocycles. The number of nitrogens with two attached hydrogens (primary N) is 2. The molecule has 14 heteroatoms. The van der Waals surface area contributed by atoms with E-state index in [0.29, 0.717) is 5.56 Å². The summed E-state index contributed by atoms with van der Waals surface area (Å²) in [6, 6.07) is 1.49. The van der Waals surface area contributed by atoms with Crippen molar-refractivity contribution in [2.45, 2.75) is 56.5 Å². The van der Waals surface area contributed by atoms with E-state index in [1.54, 1.807) is 18.3 Å². The normalized spacial score (nSPS) is 15.1. The van der Waals surface area contributed by atoms with E-state index in [9.17, 15) is 39.3 Å². The van der Waals surface area contributed by atoms with Crippen molar-refractivity contribution < 1.29 is 39.3 Å². The van der Waals surface area contributed by atoms with E-state index in [4.69, 9.17) is 11.5 Å². The largest absolute Gasteiger partial charge is 0.480 e. The number of primary amides is 1. The molecule has 1 aromatic carbocycles. The molecule has 0 saturated carbocycles. The number of aromatic nitrogens is 1. The molecule has 0 radical (unpaired) electrons. The van der Waals surface area contributed by atoms with Gasteiger partial charge in [-0.25, -0.2) is 4.79 Å². The first-order valence-electron chi connectivity index (χ1n) is 11.5. The lowest BCUT2D eigenvalue weighted by Crippen LogP contribution is -2.59. The number of carbonyl (C=O) groups is 5. The molecule has 202 valence electrons. The standard InChI is InChI=1S/C23H32N6O8/c1-11(31)19(25)22(35)27-15(6-7-18(24)32)20(33)29-17(10-30)21(34)28-16(23(36)37)8-12-9-26-14-5-3-2-4-13(12)14/h2-5,9,11,15-17,19,26,30-31H,6-8,10,25H2,1H3,(H2,24,32)(H,27,35)(H,28,34)(H,29,33)(H,36,37). The number of benzene rings is 1. The summed E-state index contributed by atoms with van der Waals surface area (Å²) in [4.78, 5) is 63.8. The smallest absolute Gasteiger partial charge is 0.326 e. The first-order chi connectivity index (χ1) is 17.4. The third kappa shape index (κ3) is 8.27. The van der Waals surface area contributed by atoms with E-state index in [1.807, 2.05) is 12.1 Å². The van der Waals surface area contributed by atoms with E-state index in [-0.39, 0.29) is 19.3 Å². The molecular weight excluding hydrogens is 488 g/mol. The molecule has 0 saturated heterocycles. The summed E-state index contributed by atoms with van der Waals surface area (Å²) in [5.74, 6) is -4.92. The van der Waals surface area contributed by atoms with Crippen LogP contribution in [0.5, 0.6) is 0 Å². The van der Waals surface area contributed by atoms with Gasteiger partial charge in [-0.3, -0.25) is 19.2 Å². The van der Waals surface area contributed by atoms with Gasteiger partial charge in [-0.2, -0.15) is 0 Å². The maximum atomic E-state index is 12.8. The number of aromatic amines is 1. The van der Waals surface area contributed by atoms with Gasteiger partial charge in [0.2, 0.25) is 23.6 Å². The van der Waals surface area contributed by atoms with Crippen molar-refractivity contribution >= 4 is 40.5 Å². The molecule has 14 nitrogen and oxygen atoms in total. The lowest BCUT2D eigenvalue weighted by atomic mass is 10.0. The van der Waals surface area contributed by atoms with Crippen LogP contribution in [-0.2, 0) is 30.4 Å². The Balaban J connectivity index is 2.11. The second-order valence-electron chi connectivity index (χ2n) is 8.54. The number of aliphatic hydroxyl groups excluding tert-OH is 2. The number of carboxylic acid groups (broad SMARTS) is 1. The highest BCUT2D eigenvalue weighted by atomic mass is 16.4. The number of aliphatic hydroxyl groups is 2. The number of carboxylic acids is 1. The van der Waals surface area contributed by atoms with Crippen LogP contribution in [0.1, 0.15) is 25.3 Å². The minimum Gasteiger partial charge on any atom is -0.480 e. The van der Waals surface area contributed by atoms with Crippen molar-refractivity contribution in [3.05, 3.63) is 36.0 Å². The van der Waals surface area contributed by atoms with Crippen LogP contribution in [0.4, 0.5) is 0 Å². The van der Waals surface area contributed by atoms with Crippen LogP contribution >= 0.6 is 0 Å². The lowest BCUT2D eigenvalue weighted by molar-refractivity contribution is -0.142. The Morgan fingerprint density at radius 1 is 0.973 bits per heavy atom. The summed E-state index contributed by atoms with van der Waals surface area (Å²) < 4.78 is 0. The number of hydrogen-bond acceptors (Lipinski definition) is 8. The van der Waals surface area contributed by atoms with Gasteiger partial charge in [0.1, 0.15) is 24.2 Å². The summed E-state index contributed by atoms with van der Waals surface area (Å²) in [5.41, 5.74) is 12.1. The van der Waals surface area contributed by atoms with Gasteiger partial charge in [-0.1, -0.05) is 18.2 Å². The van der Waals surface area contributed by atoms with Gasteiger partial charge >= 0.3 is 5.97 Å². The fraction of sp³-hybridized carbons (Fsp3) is 0.435. The van der Waals surface area contributed by atoms with Crippen LogP contribution in [0.3, 0.4) is 0 Å². The van der Waals surface area contributed by atoms with Crippen molar-refractivity contribution in [2.24, 2.45) is 11.5 Å². The molecule has 2 rings (SSSR count). The van der Waals surface area contributed by atoms with E-state index in [0.717, 1.165) is 10.9 Å². The Bertz CT molecular complexity index is 1130. The zero-order valence-corrected chi connectivity index (χ0v) is 20.1. The SMILES string of the molecule is CC(O)C(N)C(=O)NC(CCC(N)=O)C(=O)NC(CO)C(=O)NC(Cc1c[nH]c2ccccc12)C(=O)O. The molecule has 0 aliphatic rings. The number of para-hydroxylation sites is 1. The number of H-pyrrole nitrogens is 1. The van der Waals surface area contributed by atoms with Gasteiger partial charge in [0, 0.05) is 29.9 Å². The second kappa shape index (κ2) is 13.3. The molecule has 0 aliphatic heterocycles. The first kappa shape index (κ1) is 29.2. The van der Waals surface area contributed by atoms with Gasteiger partial charge in [0.25, 0.3) is 0 Å². The van der Waals surface area contributed by atoms with Gasteiger partial charge < -0.3 is 47.7 Å². The molecule has 0 spiro atoms. The number of carbonyl (C=O) groups excluding carboxylic acids is 4. The number of fused-ring (bicyclic) bond motifs is 1. The molecular formula is C23H32N6O8. The van der Waals surface area contributed by atoms with Crippen LogP contribution in [0.15, 0.2) is 30.5 Å². The van der Waals surface area contributed by atoms with Crippen LogP contribution in [0, 0.1) is 0 Å². The highest BCUT2D eigenvalue weighted by molar-refractivity contribution is 5.94. The van der Waals surface area contributed by atoms with E-state index >= 15 is 0 Å². The van der Waals surface area contributed by atoms with E-state index in [1.165, 1.54) is 6.92 Å². The quantitative estimate of drug-likeness (QED) is 0.125. The highest BCUT2D eigenvalue weighted by Crippen LogP contribution is 2.19. The van der Waals surface area contributed by atoms with E-state index < -0.39 is 66.5 Å². The first-order valence-corrected chi connectivity index (χ1v) is 11.5. The molecule has 11 N–H and O–H groups in total. The van der Waals surface area contributed by atoms with Gasteiger partial charge in [0.15, 0.2) is 0 Å². The summed E-state index contributed by atoms with van der Waals surface area (Å²) >= 11 is 0. The molecule has 5 atom stereocenters. The number of amides is 4. The molecule has 0 bridgehead atoms. The Morgan fingerprint density at radius 2 is 1.57 bits per heavy atom. The summed E-state index contributed by atoms with van der Waals surface area (Å²) in [6.07, 6.45) is -0.240. The summed E-state index contributed by atoms with van der Waals surface area (Å²) in [5, 5.41) is 36.4. The maximum absolute atomic E-state index is 12.8. The van der Waals surface area contributed by atoms with Crippen LogP contribution in [0.25, 0.3) is 10.9 Å². The minimum absolute atomic E-state index is 0.0777. The van der Waals surface area contributed by atoms with Crippen molar-refractivity contribution in [3.63, 3.8) is 0 Å². The third-order valence-corrected chi connectivity index (χ3v) is 5.66. The van der Waals surface area contributed by atoms with Gasteiger partial charge in [-0.15, -0.1) is 0 Å². The Kier molecular flexibility index (Phi) is 10.5. The molecule has 4 amide bonds. The Labute approximate surface area is 211 Å². The molecule has 0 fully saturated rings. The van der Waals surface area contributed by atoms with Crippen molar-refractivity contribution in [3.8, 4) is 0 Å². The average Bonchev–Trinajstić information content (AvgIpc) is 3.26. The maximum Gasteiger partial charge on any atom is 0.326 e. The Hall–Kier alpha value is -4.01. The predicted octanol–water partition coefficient (Wildman–Crippen LogP) is -2.78. The molecule has 1 heterocycles. The molecule has 0 aliphatic carbocycles. The van der Waals surface area contributed by atoms with Crippen LogP contribution in [-0.4, -0.2) is 86.8 Å². The zero-order chi connectivity index (χ0) is 27.7. The van der Waals surface area contributed by atoms with Crippen LogP contribution in [0.2, 0.25) is 0 Å². The highest BCUT2D eigenvalue weighted by Gasteiger charge is 2.31. The second-order valence-corrected chi connectivity index (χ2v) is 8.54. The van der Waals surface area contributed by atoms with Crippen LogP contribution < -0.4 is 27.4 Å². The molecule has 2 aromatic rings. The number of rotatable bonds is 14.